The van der Waals surface area contributed by atoms with E-state index in [0.717, 1.165) is 18.5 Å². The number of rotatable bonds is 7. The number of aromatic nitrogens is 4. The smallest absolute Gasteiger partial charge is 0.227 e. The highest BCUT2D eigenvalue weighted by atomic mass is 32.2. The summed E-state index contributed by atoms with van der Waals surface area (Å²) in [5, 5.41) is 19.3. The van der Waals surface area contributed by atoms with Crippen molar-refractivity contribution in [1.29, 1.82) is 0 Å². The molecule has 3 aliphatic rings. The van der Waals surface area contributed by atoms with Gasteiger partial charge in [0.2, 0.25) is 5.95 Å². The Hall–Kier alpha value is -2.31. The molecule has 5 rings (SSSR count). The average Bonchev–Trinajstić information content (AvgIpc) is 3.14. The summed E-state index contributed by atoms with van der Waals surface area (Å²) < 4.78 is 39.9. The molecule has 3 saturated heterocycles. The predicted molar refractivity (Wildman–Crippen MR) is 117 cm³/mol. The molecule has 3 N–H and O–H groups in total. The largest absolute Gasteiger partial charge is 0.390 e. The highest BCUT2D eigenvalue weighted by Crippen LogP contribution is 2.59. The Morgan fingerprint density at radius 1 is 1.34 bits per heavy atom. The molecule has 0 spiro atoms. The Morgan fingerprint density at radius 2 is 2.03 bits per heavy atom. The Balaban J connectivity index is 1.36. The number of hydrogen-bond donors (Lipinski definition) is 3. The zero-order chi connectivity index (χ0) is 22.8. The van der Waals surface area contributed by atoms with Gasteiger partial charge in [0.1, 0.15) is 10.6 Å². The van der Waals surface area contributed by atoms with Crippen LogP contribution in [0.4, 0.5) is 22.0 Å². The van der Waals surface area contributed by atoms with Gasteiger partial charge < -0.3 is 15.3 Å². The van der Waals surface area contributed by atoms with Gasteiger partial charge in [0, 0.05) is 42.7 Å². The summed E-state index contributed by atoms with van der Waals surface area (Å²) in [6.07, 6.45) is 2.93. The SMILES string of the molecule is CCS(=O)(=O)C12C[C@H]3CC(N(C)c4nc(CO)c(F)c(Nc5cc(C)[nH]n5)n4)C[C@@H](C1)N32. The first-order valence-electron chi connectivity index (χ1n) is 10.9. The molecule has 0 amide bonds. The van der Waals surface area contributed by atoms with Crippen molar-refractivity contribution < 1.29 is 17.9 Å². The van der Waals surface area contributed by atoms with Crippen molar-refractivity contribution in [3.63, 3.8) is 0 Å². The van der Waals surface area contributed by atoms with Crippen LogP contribution >= 0.6 is 0 Å². The topological polar surface area (TPSA) is 127 Å². The first kappa shape index (κ1) is 21.5. The van der Waals surface area contributed by atoms with E-state index in [2.05, 4.69) is 30.4 Å². The van der Waals surface area contributed by atoms with Gasteiger partial charge in [0.25, 0.3) is 0 Å². The molecule has 0 aliphatic carbocycles. The number of hydrogen-bond acceptors (Lipinski definition) is 9. The molecule has 5 heterocycles. The Kier molecular flexibility index (Phi) is 4.95. The standard InChI is InChI=1S/C20H28FN7O3S/c1-4-32(30,31)20-8-13-6-12(7-14(9-20)28(13)20)27(3)19-22-15(10-29)17(21)18(24-19)23-16-5-11(2)25-26-16/h5,12-14,29H,4,6-10H2,1-3H3,(H2,22,23,24,25,26)/t12?,13-,14+,20?. The molecular weight excluding hydrogens is 437 g/mol. The molecule has 2 aromatic heterocycles. The monoisotopic (exact) mass is 465 g/mol. The van der Waals surface area contributed by atoms with Gasteiger partial charge in [0.05, 0.1) is 6.61 Å². The van der Waals surface area contributed by atoms with Crippen LogP contribution in [0.15, 0.2) is 6.07 Å². The number of halogens is 1. The summed E-state index contributed by atoms with van der Waals surface area (Å²) in [6.45, 7) is 3.00. The number of nitrogens with zero attached hydrogens (tertiary/aromatic N) is 5. The fourth-order valence-corrected chi connectivity index (χ4v) is 7.73. The molecule has 4 atom stereocenters. The summed E-state index contributed by atoms with van der Waals surface area (Å²) >= 11 is 0. The van der Waals surface area contributed by atoms with Crippen LogP contribution in [-0.2, 0) is 16.4 Å². The number of sulfone groups is 1. The van der Waals surface area contributed by atoms with E-state index in [9.17, 15) is 17.9 Å². The van der Waals surface area contributed by atoms with Gasteiger partial charge in [-0.05, 0) is 32.6 Å². The van der Waals surface area contributed by atoms with Crippen LogP contribution in [0.1, 0.15) is 44.0 Å². The number of aromatic amines is 1. The quantitative estimate of drug-likeness (QED) is 0.557. The number of piperidine rings is 2. The molecule has 174 valence electrons. The van der Waals surface area contributed by atoms with Crippen molar-refractivity contribution in [3.8, 4) is 0 Å². The molecule has 0 aromatic carbocycles. The third kappa shape index (κ3) is 3.03. The van der Waals surface area contributed by atoms with Crippen LogP contribution in [0.25, 0.3) is 0 Å². The predicted octanol–water partition coefficient (Wildman–Crippen LogP) is 1.46. The second kappa shape index (κ2) is 7.35. The first-order valence-corrected chi connectivity index (χ1v) is 12.5. The van der Waals surface area contributed by atoms with Crippen LogP contribution in [0.3, 0.4) is 0 Å². The minimum Gasteiger partial charge on any atom is -0.390 e. The number of anilines is 3. The molecule has 12 heteroatoms. The average molecular weight is 466 g/mol. The van der Waals surface area contributed by atoms with Crippen molar-refractivity contribution in [3.05, 3.63) is 23.3 Å². The Morgan fingerprint density at radius 3 is 2.59 bits per heavy atom. The Labute approximate surface area is 186 Å². The second-order valence-corrected chi connectivity index (χ2v) is 11.6. The number of H-pyrrole nitrogens is 1. The molecule has 0 radical (unpaired) electrons. The van der Waals surface area contributed by atoms with E-state index in [1.807, 2.05) is 18.9 Å². The van der Waals surface area contributed by atoms with Gasteiger partial charge in [-0.25, -0.2) is 17.8 Å². The van der Waals surface area contributed by atoms with Crippen LogP contribution in [0.2, 0.25) is 0 Å². The van der Waals surface area contributed by atoms with E-state index in [4.69, 9.17) is 0 Å². The van der Waals surface area contributed by atoms with E-state index < -0.39 is 27.1 Å². The summed E-state index contributed by atoms with van der Waals surface area (Å²) in [5.74, 6) is 0.145. The van der Waals surface area contributed by atoms with Crippen LogP contribution < -0.4 is 10.2 Å². The maximum absolute atomic E-state index is 14.8. The number of aliphatic hydroxyl groups is 1. The first-order chi connectivity index (χ1) is 15.2. The third-order valence-corrected chi connectivity index (χ3v) is 9.75. The highest BCUT2D eigenvalue weighted by molar-refractivity contribution is 7.92. The fourth-order valence-electron chi connectivity index (χ4n) is 5.68. The van der Waals surface area contributed by atoms with Gasteiger partial charge in [-0.1, -0.05) is 6.92 Å². The lowest BCUT2D eigenvalue weighted by molar-refractivity contribution is -0.174. The van der Waals surface area contributed by atoms with Crippen molar-refractivity contribution in [2.75, 3.05) is 23.0 Å². The second-order valence-electron chi connectivity index (χ2n) is 9.06. The number of nitrogens with one attached hydrogen (secondary N) is 2. The lowest BCUT2D eigenvalue weighted by atomic mass is 9.67. The van der Waals surface area contributed by atoms with E-state index in [0.29, 0.717) is 24.6 Å². The van der Waals surface area contributed by atoms with E-state index in [1.165, 1.54) is 0 Å². The van der Waals surface area contributed by atoms with Gasteiger partial charge >= 0.3 is 0 Å². The number of aliphatic hydroxyl groups excluding tert-OH is 1. The van der Waals surface area contributed by atoms with Crippen LogP contribution in [0.5, 0.6) is 0 Å². The minimum atomic E-state index is -3.10. The zero-order valence-corrected chi connectivity index (χ0v) is 19.2. The van der Waals surface area contributed by atoms with Gasteiger partial charge in [-0.15, -0.1) is 0 Å². The molecule has 10 nitrogen and oxygen atoms in total. The lowest BCUT2D eigenvalue weighted by Crippen LogP contribution is -2.84. The van der Waals surface area contributed by atoms with Gasteiger partial charge in [-0.2, -0.15) is 10.1 Å². The van der Waals surface area contributed by atoms with Crippen LogP contribution in [0, 0.1) is 12.7 Å². The highest BCUT2D eigenvalue weighted by Gasteiger charge is 2.71. The molecule has 0 saturated carbocycles. The van der Waals surface area contributed by atoms with E-state index >= 15 is 0 Å². The van der Waals surface area contributed by atoms with E-state index in [-0.39, 0.29) is 35.4 Å². The van der Waals surface area contributed by atoms with E-state index in [1.54, 1.807) is 13.0 Å². The fraction of sp³-hybridized carbons (Fsp3) is 0.650. The normalized spacial score (nSPS) is 29.1. The summed E-state index contributed by atoms with van der Waals surface area (Å²) in [7, 11) is -1.24. The Bertz CT molecular complexity index is 1140. The molecular formula is C20H28FN7O3S. The van der Waals surface area contributed by atoms with Gasteiger partial charge in [-0.3, -0.25) is 10.00 Å². The van der Waals surface area contributed by atoms with Gasteiger partial charge in [0.15, 0.2) is 27.3 Å². The molecule has 2 unspecified atom stereocenters. The van der Waals surface area contributed by atoms with Crippen molar-refractivity contribution >= 4 is 27.4 Å². The molecule has 3 aliphatic heterocycles. The molecule has 32 heavy (non-hydrogen) atoms. The summed E-state index contributed by atoms with van der Waals surface area (Å²) in [5.41, 5.74) is 0.727. The summed E-state index contributed by atoms with van der Waals surface area (Å²) in [6, 6.07) is 2.27. The van der Waals surface area contributed by atoms with Crippen molar-refractivity contribution in [1.82, 2.24) is 25.1 Å². The van der Waals surface area contributed by atoms with Crippen LogP contribution in [-0.4, -0.2) is 74.4 Å². The lowest BCUT2D eigenvalue weighted by Gasteiger charge is -2.72. The molecule has 2 aromatic rings. The van der Waals surface area contributed by atoms with Crippen molar-refractivity contribution in [2.45, 2.75) is 69.1 Å². The zero-order valence-electron chi connectivity index (χ0n) is 18.3. The minimum absolute atomic E-state index is 0.0461. The molecule has 3 fully saturated rings. The maximum atomic E-state index is 14.8. The number of aryl methyl sites for hydroxylation is 1. The summed E-state index contributed by atoms with van der Waals surface area (Å²) in [4.78, 5) is 12.1. The third-order valence-electron chi connectivity index (χ3n) is 7.29. The molecule has 0 bridgehead atoms. The van der Waals surface area contributed by atoms with Crippen molar-refractivity contribution in [2.24, 2.45) is 0 Å². The maximum Gasteiger partial charge on any atom is 0.227 e.